The van der Waals surface area contributed by atoms with Crippen molar-refractivity contribution in [3.8, 4) is 11.3 Å². The lowest BCUT2D eigenvalue weighted by atomic mass is 10.0. The lowest BCUT2D eigenvalue weighted by molar-refractivity contribution is 0.0169. The fraction of sp³-hybridized carbons (Fsp3) is 0.296. The average Bonchev–Trinajstić information content (AvgIpc) is 3.71. The molecule has 0 saturated heterocycles. The monoisotopic (exact) mass is 539 g/mol. The largest absolute Gasteiger partial charge is 0.476 e. The van der Waals surface area contributed by atoms with Crippen molar-refractivity contribution >= 4 is 28.9 Å². The molecule has 1 fully saturated rings. The smallest absolute Gasteiger partial charge is 0.356 e. The van der Waals surface area contributed by atoms with Gasteiger partial charge in [0.2, 0.25) is 0 Å². The normalized spacial score (nSPS) is 14.5. The zero-order valence-corrected chi connectivity index (χ0v) is 21.6. The number of hydrogen-bond donors (Lipinski definition) is 2. The number of nitrogens with one attached hydrogen (secondary N) is 1. The zero-order chi connectivity index (χ0) is 27.4. The third-order valence-corrected chi connectivity index (χ3v) is 6.85. The molecular formula is C27H24ClF2N5O3. The van der Waals surface area contributed by atoms with Crippen molar-refractivity contribution in [2.24, 2.45) is 0 Å². The highest BCUT2D eigenvalue weighted by molar-refractivity contribution is 6.29. The molecule has 0 aromatic carbocycles. The summed E-state index contributed by atoms with van der Waals surface area (Å²) in [7, 11) is 0. The third-order valence-electron chi connectivity index (χ3n) is 6.64. The van der Waals surface area contributed by atoms with Gasteiger partial charge in [0.15, 0.2) is 5.69 Å². The van der Waals surface area contributed by atoms with Gasteiger partial charge in [0.05, 0.1) is 17.4 Å². The van der Waals surface area contributed by atoms with E-state index in [9.17, 15) is 23.5 Å². The highest BCUT2D eigenvalue weighted by atomic mass is 35.5. The highest BCUT2D eigenvalue weighted by Gasteiger charge is 2.29. The van der Waals surface area contributed by atoms with Crippen LogP contribution in [0.5, 0.6) is 0 Å². The fourth-order valence-electron chi connectivity index (χ4n) is 4.39. The molecule has 0 amide bonds. The Balaban J connectivity index is 1.68. The summed E-state index contributed by atoms with van der Waals surface area (Å²) in [4.78, 5) is 38.3. The lowest BCUT2D eigenvalue weighted by Crippen LogP contribution is -2.24. The number of fused-ring (bicyclic) bond motifs is 1. The second-order valence-electron chi connectivity index (χ2n) is 9.60. The fourth-order valence-corrected chi connectivity index (χ4v) is 4.53. The number of carbonyl (C=O) groups is 1. The number of rotatable bonds is 7. The van der Waals surface area contributed by atoms with E-state index in [1.165, 1.54) is 18.2 Å². The summed E-state index contributed by atoms with van der Waals surface area (Å²) < 4.78 is 30.1. The second kappa shape index (κ2) is 9.43. The molecule has 4 aromatic rings. The number of carboxylic acid groups (broad SMARTS) is 1. The summed E-state index contributed by atoms with van der Waals surface area (Å²) in [5, 5.41) is 12.6. The van der Waals surface area contributed by atoms with Crippen LogP contribution in [-0.4, -0.2) is 30.4 Å². The van der Waals surface area contributed by atoms with Gasteiger partial charge in [-0.3, -0.25) is 14.2 Å². The number of carboxylic acids is 1. The van der Waals surface area contributed by atoms with Gasteiger partial charge in [-0.1, -0.05) is 11.6 Å². The Morgan fingerprint density at radius 3 is 2.58 bits per heavy atom. The maximum absolute atomic E-state index is 14.5. The van der Waals surface area contributed by atoms with E-state index in [4.69, 9.17) is 16.6 Å². The van der Waals surface area contributed by atoms with Gasteiger partial charge in [0.1, 0.15) is 10.8 Å². The summed E-state index contributed by atoms with van der Waals surface area (Å²) in [6.07, 6.45) is 4.98. The summed E-state index contributed by atoms with van der Waals surface area (Å²) >= 11 is 5.86. The molecule has 0 aliphatic heterocycles. The average molecular weight is 540 g/mol. The van der Waals surface area contributed by atoms with Crippen LogP contribution in [-0.2, 0) is 5.92 Å². The Bertz CT molecular complexity index is 1630. The number of pyridine rings is 3. The Hall–Kier alpha value is -3.92. The van der Waals surface area contributed by atoms with Crippen LogP contribution in [0.3, 0.4) is 0 Å². The topological polar surface area (TPSA) is 109 Å². The summed E-state index contributed by atoms with van der Waals surface area (Å²) in [6, 6.07) is 7.17. The maximum Gasteiger partial charge on any atom is 0.356 e. The van der Waals surface area contributed by atoms with Gasteiger partial charge in [-0.2, -0.15) is 0 Å². The van der Waals surface area contributed by atoms with E-state index in [-0.39, 0.29) is 33.3 Å². The van der Waals surface area contributed by atoms with Crippen molar-refractivity contribution < 1.29 is 18.7 Å². The third kappa shape index (κ3) is 4.83. The maximum atomic E-state index is 14.5. The van der Waals surface area contributed by atoms with E-state index < -0.39 is 23.5 Å². The van der Waals surface area contributed by atoms with Gasteiger partial charge in [-0.15, -0.1) is 0 Å². The van der Waals surface area contributed by atoms with Crippen LogP contribution in [0.25, 0.3) is 16.9 Å². The number of anilines is 1. The number of nitrogens with zero attached hydrogens (tertiary/aromatic N) is 4. The van der Waals surface area contributed by atoms with E-state index >= 15 is 0 Å². The van der Waals surface area contributed by atoms with E-state index in [0.717, 1.165) is 36.1 Å². The molecule has 11 heteroatoms. The van der Waals surface area contributed by atoms with Crippen molar-refractivity contribution in [1.82, 2.24) is 19.4 Å². The summed E-state index contributed by atoms with van der Waals surface area (Å²) in [5.41, 5.74) is 1.69. The molecule has 196 valence electrons. The molecule has 1 aliphatic rings. The van der Waals surface area contributed by atoms with Crippen molar-refractivity contribution in [2.75, 3.05) is 5.32 Å². The van der Waals surface area contributed by atoms with Gasteiger partial charge in [0.25, 0.3) is 11.5 Å². The first-order chi connectivity index (χ1) is 17.9. The van der Waals surface area contributed by atoms with E-state index in [0.29, 0.717) is 22.7 Å². The predicted octanol–water partition coefficient (Wildman–Crippen LogP) is 5.97. The van der Waals surface area contributed by atoms with Crippen molar-refractivity contribution in [1.29, 1.82) is 0 Å². The van der Waals surface area contributed by atoms with Crippen LogP contribution in [0, 0.1) is 6.92 Å². The quantitative estimate of drug-likeness (QED) is 0.278. The van der Waals surface area contributed by atoms with Gasteiger partial charge in [0, 0.05) is 53.2 Å². The summed E-state index contributed by atoms with van der Waals surface area (Å²) in [6.45, 7) is 4.00. The van der Waals surface area contributed by atoms with Crippen LogP contribution in [0.4, 0.5) is 14.5 Å². The first kappa shape index (κ1) is 25.7. The van der Waals surface area contributed by atoms with Crippen LogP contribution >= 0.6 is 11.6 Å². The Morgan fingerprint density at radius 1 is 1.24 bits per heavy atom. The minimum atomic E-state index is -3.24. The number of alkyl halides is 2. The molecule has 1 atom stereocenters. The minimum absolute atomic E-state index is 0.00618. The molecule has 0 radical (unpaired) electrons. The van der Waals surface area contributed by atoms with Crippen molar-refractivity contribution in [3.05, 3.63) is 86.3 Å². The molecule has 5 rings (SSSR count). The van der Waals surface area contributed by atoms with Crippen LogP contribution in [0.1, 0.15) is 71.5 Å². The Morgan fingerprint density at radius 2 is 1.97 bits per heavy atom. The first-order valence-corrected chi connectivity index (χ1v) is 12.4. The predicted molar refractivity (Wildman–Crippen MR) is 139 cm³/mol. The molecule has 2 N–H and O–H groups in total. The van der Waals surface area contributed by atoms with Gasteiger partial charge in [-0.25, -0.2) is 23.5 Å². The molecule has 38 heavy (non-hydrogen) atoms. The number of aromatic nitrogens is 4. The van der Waals surface area contributed by atoms with E-state index in [1.807, 2.05) is 12.1 Å². The zero-order valence-electron chi connectivity index (χ0n) is 20.8. The highest BCUT2D eigenvalue weighted by Crippen LogP contribution is 2.39. The number of halogens is 3. The molecule has 0 spiro atoms. The summed E-state index contributed by atoms with van der Waals surface area (Å²) in [5.74, 6) is -4.09. The Kier molecular flexibility index (Phi) is 6.38. The van der Waals surface area contributed by atoms with E-state index in [1.54, 1.807) is 20.0 Å². The first-order valence-electron chi connectivity index (χ1n) is 12.0. The molecule has 0 bridgehead atoms. The van der Waals surface area contributed by atoms with Gasteiger partial charge in [-0.05, 0) is 57.0 Å². The molecule has 1 saturated carbocycles. The van der Waals surface area contributed by atoms with Crippen LogP contribution in [0.15, 0.2) is 47.5 Å². The molecular weight excluding hydrogens is 516 g/mol. The van der Waals surface area contributed by atoms with Crippen molar-refractivity contribution in [2.45, 2.75) is 51.5 Å². The molecule has 1 aliphatic carbocycles. The second-order valence-corrected chi connectivity index (χ2v) is 9.99. The van der Waals surface area contributed by atoms with Crippen molar-refractivity contribution in [3.63, 3.8) is 0 Å². The van der Waals surface area contributed by atoms with Crippen LogP contribution < -0.4 is 10.9 Å². The van der Waals surface area contributed by atoms with E-state index in [2.05, 4.69) is 15.3 Å². The minimum Gasteiger partial charge on any atom is -0.476 e. The lowest BCUT2D eigenvalue weighted by Gasteiger charge is -2.22. The van der Waals surface area contributed by atoms with Gasteiger partial charge >= 0.3 is 5.97 Å². The number of hydrogen-bond acceptors (Lipinski definition) is 6. The Labute approximate surface area is 221 Å². The van der Waals surface area contributed by atoms with Gasteiger partial charge < -0.3 is 10.4 Å². The molecule has 8 nitrogen and oxygen atoms in total. The SMILES string of the molecule is Cc1c(-c2ccc(C3CC3)nc2)nc2c([C@@H](C)Nc3ccc(Cl)nc3C(=O)O)cc(C(C)(F)F)cn2c1=O. The molecule has 4 heterocycles. The standard InChI is InChI=1S/C27H24ClF2N5O3/c1-13-22(16-6-7-19(31-11-16)15-4-5-15)34-24-18(10-17(27(3,29)30)12-35(24)25(13)36)14(2)32-20-8-9-21(28)33-23(20)26(37)38/h6-12,14-15,32H,4-5H2,1-3H3,(H,37,38)/t14-/m1/s1. The molecule has 0 unspecified atom stereocenters. The number of aromatic carboxylic acids is 1. The van der Waals surface area contributed by atoms with Crippen LogP contribution in [0.2, 0.25) is 5.15 Å². The molecule has 4 aromatic heterocycles.